The number of carboxylic acid groups (broad SMARTS) is 1. The van der Waals surface area contributed by atoms with Crippen LogP contribution in [0, 0.1) is 5.92 Å². The van der Waals surface area contributed by atoms with Crippen molar-refractivity contribution in [3.8, 4) is 0 Å². The van der Waals surface area contributed by atoms with Crippen molar-refractivity contribution in [1.29, 1.82) is 0 Å². The van der Waals surface area contributed by atoms with Gasteiger partial charge in [0.05, 0.1) is 6.54 Å². The zero-order valence-corrected chi connectivity index (χ0v) is 9.13. The normalized spacial score (nSPS) is 18.8. The molecule has 1 unspecified atom stereocenters. The highest BCUT2D eigenvalue weighted by Gasteiger charge is 2.43. The van der Waals surface area contributed by atoms with Gasteiger partial charge in [-0.2, -0.15) is 13.2 Å². The molecule has 0 saturated heterocycles. The van der Waals surface area contributed by atoms with E-state index >= 15 is 0 Å². The molecule has 0 aliphatic heterocycles. The second-order valence-corrected chi connectivity index (χ2v) is 4.21. The highest BCUT2D eigenvalue weighted by Crippen LogP contribution is 2.36. The summed E-state index contributed by atoms with van der Waals surface area (Å²) in [5.41, 5.74) is 0. The molecule has 0 spiro atoms. The zero-order chi connectivity index (χ0) is 12.3. The van der Waals surface area contributed by atoms with Gasteiger partial charge in [0.2, 0.25) is 0 Å². The number of nitrogens with zero attached hydrogens (tertiary/aromatic N) is 1. The first kappa shape index (κ1) is 13.3. The molecular weight excluding hydrogens is 223 g/mol. The molecule has 1 aliphatic rings. The topological polar surface area (TPSA) is 40.5 Å². The number of carbonyl (C=O) groups is 1. The van der Waals surface area contributed by atoms with Crippen LogP contribution >= 0.6 is 0 Å². The highest BCUT2D eigenvalue weighted by molar-refractivity contribution is 5.74. The molecule has 1 fully saturated rings. The summed E-state index contributed by atoms with van der Waals surface area (Å²) in [5, 5.41) is 8.97. The van der Waals surface area contributed by atoms with Gasteiger partial charge in [-0.25, -0.2) is 0 Å². The van der Waals surface area contributed by atoms with Gasteiger partial charge in [-0.1, -0.05) is 6.92 Å². The quantitative estimate of drug-likeness (QED) is 0.771. The van der Waals surface area contributed by atoms with Gasteiger partial charge in [0.1, 0.15) is 6.04 Å². The number of carboxylic acids is 1. The Bertz CT molecular complexity index is 251. The number of hydrogen-bond acceptors (Lipinski definition) is 2. The fourth-order valence-electron chi connectivity index (χ4n) is 1.90. The summed E-state index contributed by atoms with van der Waals surface area (Å²) in [6, 6.07) is -0.971. The van der Waals surface area contributed by atoms with E-state index in [1.54, 1.807) is 6.92 Å². The second-order valence-electron chi connectivity index (χ2n) is 4.21. The number of hydrogen-bond donors (Lipinski definition) is 1. The molecule has 0 bridgehead atoms. The van der Waals surface area contributed by atoms with Crippen molar-refractivity contribution in [3.05, 3.63) is 0 Å². The molecule has 1 atom stereocenters. The van der Waals surface area contributed by atoms with Crippen LogP contribution in [-0.4, -0.2) is 41.3 Å². The summed E-state index contributed by atoms with van der Waals surface area (Å²) in [4.78, 5) is 12.0. The van der Waals surface area contributed by atoms with Crippen LogP contribution in [0.2, 0.25) is 0 Å². The van der Waals surface area contributed by atoms with Crippen LogP contribution in [-0.2, 0) is 4.79 Å². The monoisotopic (exact) mass is 239 g/mol. The lowest BCUT2D eigenvalue weighted by Gasteiger charge is -2.29. The van der Waals surface area contributed by atoms with E-state index in [0.717, 1.165) is 17.7 Å². The van der Waals surface area contributed by atoms with Crippen molar-refractivity contribution >= 4 is 5.97 Å². The zero-order valence-electron chi connectivity index (χ0n) is 9.13. The fourth-order valence-corrected chi connectivity index (χ4v) is 1.90. The predicted molar refractivity (Wildman–Crippen MR) is 52.1 cm³/mol. The van der Waals surface area contributed by atoms with Crippen molar-refractivity contribution in [3.63, 3.8) is 0 Å². The first-order valence-electron chi connectivity index (χ1n) is 5.38. The Balaban J connectivity index is 2.68. The molecule has 1 rings (SSSR count). The van der Waals surface area contributed by atoms with Gasteiger partial charge in [0.25, 0.3) is 0 Å². The highest BCUT2D eigenvalue weighted by atomic mass is 19.4. The summed E-state index contributed by atoms with van der Waals surface area (Å²) in [7, 11) is 0. The van der Waals surface area contributed by atoms with E-state index in [2.05, 4.69) is 0 Å². The molecule has 0 aromatic heterocycles. The predicted octanol–water partition coefficient (Wildman–Crippen LogP) is 2.12. The first-order valence-corrected chi connectivity index (χ1v) is 5.38. The summed E-state index contributed by atoms with van der Waals surface area (Å²) >= 11 is 0. The van der Waals surface area contributed by atoms with E-state index in [4.69, 9.17) is 5.11 Å². The number of aliphatic carboxylic acids is 1. The maximum atomic E-state index is 12.3. The number of halogens is 3. The van der Waals surface area contributed by atoms with Crippen LogP contribution in [0.1, 0.15) is 26.2 Å². The maximum Gasteiger partial charge on any atom is 0.401 e. The molecule has 94 valence electrons. The lowest BCUT2D eigenvalue weighted by molar-refractivity contribution is -0.163. The van der Waals surface area contributed by atoms with Crippen LogP contribution in [0.3, 0.4) is 0 Å². The second kappa shape index (κ2) is 5.03. The molecule has 0 radical (unpaired) electrons. The molecule has 3 nitrogen and oxygen atoms in total. The molecule has 0 aromatic rings. The summed E-state index contributed by atoms with van der Waals surface area (Å²) in [6.07, 6.45) is -2.38. The van der Waals surface area contributed by atoms with E-state index in [0.29, 0.717) is 6.42 Å². The van der Waals surface area contributed by atoms with Crippen molar-refractivity contribution < 1.29 is 23.1 Å². The van der Waals surface area contributed by atoms with Crippen molar-refractivity contribution in [2.24, 2.45) is 5.92 Å². The van der Waals surface area contributed by atoms with Crippen LogP contribution in [0.4, 0.5) is 13.2 Å². The largest absolute Gasteiger partial charge is 0.480 e. The summed E-state index contributed by atoms with van der Waals surface area (Å²) in [6.45, 7) is 0.788. The van der Waals surface area contributed by atoms with E-state index in [1.165, 1.54) is 0 Å². The van der Waals surface area contributed by atoms with Crippen LogP contribution in [0.15, 0.2) is 0 Å². The average molecular weight is 239 g/mol. The van der Waals surface area contributed by atoms with Crippen LogP contribution < -0.4 is 0 Å². The van der Waals surface area contributed by atoms with Crippen LogP contribution in [0.25, 0.3) is 0 Å². The third-order valence-corrected chi connectivity index (χ3v) is 2.61. The molecule has 0 heterocycles. The van der Waals surface area contributed by atoms with Crippen molar-refractivity contribution in [1.82, 2.24) is 4.90 Å². The van der Waals surface area contributed by atoms with Crippen molar-refractivity contribution in [2.45, 2.75) is 38.4 Å². The third kappa shape index (κ3) is 4.00. The van der Waals surface area contributed by atoms with Crippen LogP contribution in [0.5, 0.6) is 0 Å². The molecule has 6 heteroatoms. The average Bonchev–Trinajstić information content (AvgIpc) is 2.85. The van der Waals surface area contributed by atoms with Gasteiger partial charge in [-0.15, -0.1) is 0 Å². The summed E-state index contributed by atoms with van der Waals surface area (Å²) < 4.78 is 36.9. The Hall–Kier alpha value is -0.780. The lowest BCUT2D eigenvalue weighted by atomic mass is 10.1. The third-order valence-electron chi connectivity index (χ3n) is 2.61. The fraction of sp³-hybridized carbons (Fsp3) is 0.900. The molecule has 0 aromatic carbocycles. The van der Waals surface area contributed by atoms with Gasteiger partial charge in [-0.3, -0.25) is 9.69 Å². The minimum atomic E-state index is -4.34. The first-order chi connectivity index (χ1) is 7.35. The Morgan fingerprint density at radius 3 is 2.38 bits per heavy atom. The van der Waals surface area contributed by atoms with Gasteiger partial charge < -0.3 is 5.11 Å². The minimum absolute atomic E-state index is 0.105. The van der Waals surface area contributed by atoms with E-state index in [-0.39, 0.29) is 12.5 Å². The van der Waals surface area contributed by atoms with E-state index in [9.17, 15) is 18.0 Å². The number of rotatable bonds is 6. The van der Waals surface area contributed by atoms with Gasteiger partial charge in [0, 0.05) is 0 Å². The Morgan fingerprint density at radius 2 is 2.06 bits per heavy atom. The SMILES string of the molecule is CCCN(CC(F)(F)F)C(C(=O)O)C1CC1. The van der Waals surface area contributed by atoms with E-state index in [1.807, 2.05) is 0 Å². The molecule has 1 N–H and O–H groups in total. The van der Waals surface area contributed by atoms with E-state index < -0.39 is 24.7 Å². The van der Waals surface area contributed by atoms with Gasteiger partial charge >= 0.3 is 12.1 Å². The van der Waals surface area contributed by atoms with Gasteiger partial charge in [-0.05, 0) is 31.7 Å². The molecule has 1 aliphatic carbocycles. The molecule has 16 heavy (non-hydrogen) atoms. The Labute approximate surface area is 92.2 Å². The number of alkyl halides is 3. The lowest BCUT2D eigenvalue weighted by Crippen LogP contribution is -2.47. The van der Waals surface area contributed by atoms with Gasteiger partial charge in [0.15, 0.2) is 0 Å². The minimum Gasteiger partial charge on any atom is -0.480 e. The smallest absolute Gasteiger partial charge is 0.401 e. The molecular formula is C10H16F3NO2. The Morgan fingerprint density at radius 1 is 1.50 bits per heavy atom. The standard InChI is InChI=1S/C10H16F3NO2/c1-2-5-14(6-10(11,12)13)8(9(15)16)7-3-4-7/h7-8H,2-6H2,1H3,(H,15,16). The Kier molecular flexibility index (Phi) is 4.18. The maximum absolute atomic E-state index is 12.3. The summed E-state index contributed by atoms with van der Waals surface area (Å²) in [5.74, 6) is -1.24. The molecule has 0 amide bonds. The molecule has 1 saturated carbocycles. The van der Waals surface area contributed by atoms with Crippen molar-refractivity contribution in [2.75, 3.05) is 13.1 Å².